The number of fused-ring (bicyclic) bond motifs is 1. The van der Waals surface area contributed by atoms with Crippen LogP contribution in [0.5, 0.6) is 0 Å². The largest absolute Gasteiger partial charge is 0.308 e. The average molecular weight is 325 g/mol. The van der Waals surface area contributed by atoms with E-state index in [1.54, 1.807) is 30.3 Å². The maximum atomic E-state index is 13.0. The first kappa shape index (κ1) is 15.3. The first-order valence-electron chi connectivity index (χ1n) is 7.07. The predicted molar refractivity (Wildman–Crippen MR) is 88.5 cm³/mol. The Morgan fingerprint density at radius 3 is 2.39 bits per heavy atom. The monoisotopic (exact) mass is 325 g/mol. The van der Waals surface area contributed by atoms with Gasteiger partial charge < -0.3 is 4.85 Å². The Labute approximate surface area is 135 Å². The molecule has 0 fully saturated rings. The fourth-order valence-corrected chi connectivity index (χ4v) is 3.95. The van der Waals surface area contributed by atoms with Crippen molar-refractivity contribution in [3.05, 3.63) is 70.8 Å². The molecule has 5 nitrogen and oxygen atoms in total. The fourth-order valence-electron chi connectivity index (χ4n) is 2.47. The van der Waals surface area contributed by atoms with Gasteiger partial charge >= 0.3 is 0 Å². The van der Waals surface area contributed by atoms with Gasteiger partial charge in [0.05, 0.1) is 15.9 Å². The molecule has 6 heteroatoms. The van der Waals surface area contributed by atoms with Crippen molar-refractivity contribution in [2.45, 2.75) is 25.3 Å². The Kier molecular flexibility index (Phi) is 3.66. The Morgan fingerprint density at radius 2 is 1.74 bits per heavy atom. The SMILES string of the molecule is [C-]#[N+]Cc1nc2cc(C)ccc2n1S(=O)(=O)c1ccc(C)cc1. The number of benzene rings is 2. The van der Waals surface area contributed by atoms with Crippen molar-refractivity contribution in [1.82, 2.24) is 8.96 Å². The molecule has 3 aromatic rings. The fraction of sp³-hybridized carbons (Fsp3) is 0.176. The maximum absolute atomic E-state index is 13.0. The van der Waals surface area contributed by atoms with E-state index < -0.39 is 10.0 Å². The van der Waals surface area contributed by atoms with Crippen LogP contribution in [0.3, 0.4) is 0 Å². The number of aryl methyl sites for hydroxylation is 2. The van der Waals surface area contributed by atoms with Gasteiger partial charge in [-0.05, 0) is 43.7 Å². The van der Waals surface area contributed by atoms with E-state index in [0.29, 0.717) is 11.0 Å². The van der Waals surface area contributed by atoms with Crippen LogP contribution in [-0.2, 0) is 16.6 Å². The molecule has 0 atom stereocenters. The summed E-state index contributed by atoms with van der Waals surface area (Å²) in [5.74, 6) is 0.237. The topological polar surface area (TPSA) is 56.3 Å². The van der Waals surface area contributed by atoms with E-state index >= 15 is 0 Å². The highest BCUT2D eigenvalue weighted by Crippen LogP contribution is 2.24. The smallest absolute Gasteiger partial charge is 0.272 e. The van der Waals surface area contributed by atoms with E-state index in [0.717, 1.165) is 11.1 Å². The van der Waals surface area contributed by atoms with Crippen LogP contribution in [0.2, 0.25) is 0 Å². The van der Waals surface area contributed by atoms with Gasteiger partial charge in [0.25, 0.3) is 16.6 Å². The van der Waals surface area contributed by atoms with Gasteiger partial charge in [-0.15, -0.1) is 0 Å². The summed E-state index contributed by atoms with van der Waals surface area (Å²) in [7, 11) is -3.79. The zero-order valence-corrected chi connectivity index (χ0v) is 13.6. The predicted octanol–water partition coefficient (Wildman–Crippen LogP) is 3.31. The van der Waals surface area contributed by atoms with Crippen LogP contribution in [0.4, 0.5) is 0 Å². The van der Waals surface area contributed by atoms with Gasteiger partial charge in [0.1, 0.15) is 0 Å². The molecule has 23 heavy (non-hydrogen) atoms. The van der Waals surface area contributed by atoms with Crippen molar-refractivity contribution in [3.8, 4) is 0 Å². The van der Waals surface area contributed by atoms with E-state index in [1.165, 1.54) is 3.97 Å². The molecule has 1 heterocycles. The van der Waals surface area contributed by atoms with Gasteiger partial charge in [0.2, 0.25) is 5.82 Å². The van der Waals surface area contributed by atoms with Crippen molar-refractivity contribution >= 4 is 21.1 Å². The summed E-state index contributed by atoms with van der Waals surface area (Å²) in [5, 5.41) is 0. The van der Waals surface area contributed by atoms with E-state index in [2.05, 4.69) is 9.83 Å². The minimum absolute atomic E-state index is 0.0845. The molecule has 0 saturated heterocycles. The number of rotatable bonds is 3. The molecule has 1 aromatic heterocycles. The molecule has 0 aliphatic rings. The molecule has 3 rings (SSSR count). The van der Waals surface area contributed by atoms with Crippen LogP contribution in [-0.4, -0.2) is 17.4 Å². The Bertz CT molecular complexity index is 1030. The van der Waals surface area contributed by atoms with Crippen molar-refractivity contribution in [3.63, 3.8) is 0 Å². The van der Waals surface area contributed by atoms with Crippen molar-refractivity contribution < 1.29 is 8.42 Å². The van der Waals surface area contributed by atoms with Crippen LogP contribution in [0, 0.1) is 20.4 Å². The summed E-state index contributed by atoms with van der Waals surface area (Å²) >= 11 is 0. The number of imidazole rings is 1. The molecule has 0 spiro atoms. The lowest BCUT2D eigenvalue weighted by Gasteiger charge is -2.09. The standard InChI is InChI=1S/C17H15N3O2S/c1-12-4-7-14(8-5-12)23(21,22)20-16-9-6-13(2)10-15(16)19-17(20)11-18-3/h4-10H,11H2,1-2H3. The Balaban J connectivity index is 2.31. The van der Waals surface area contributed by atoms with Gasteiger partial charge in [-0.2, -0.15) is 0 Å². The second-order valence-corrected chi connectivity index (χ2v) is 7.21. The summed E-state index contributed by atoms with van der Waals surface area (Å²) in [5.41, 5.74) is 3.05. The first-order valence-corrected chi connectivity index (χ1v) is 8.51. The van der Waals surface area contributed by atoms with Crippen LogP contribution in [0.25, 0.3) is 15.9 Å². The van der Waals surface area contributed by atoms with Crippen LogP contribution in [0.1, 0.15) is 17.0 Å². The quantitative estimate of drug-likeness (QED) is 0.694. The second kappa shape index (κ2) is 5.52. The third-order valence-corrected chi connectivity index (χ3v) is 5.37. The third kappa shape index (κ3) is 2.60. The highest BCUT2D eigenvalue weighted by Gasteiger charge is 2.25. The summed E-state index contributed by atoms with van der Waals surface area (Å²) < 4.78 is 27.2. The van der Waals surface area contributed by atoms with Crippen molar-refractivity contribution in [2.75, 3.05) is 0 Å². The van der Waals surface area contributed by atoms with Gasteiger partial charge in [-0.25, -0.2) is 23.9 Å². The minimum atomic E-state index is -3.79. The van der Waals surface area contributed by atoms with Gasteiger partial charge in [-0.3, -0.25) is 0 Å². The van der Waals surface area contributed by atoms with Gasteiger partial charge in [0, 0.05) is 0 Å². The van der Waals surface area contributed by atoms with Gasteiger partial charge in [-0.1, -0.05) is 23.8 Å². The highest BCUT2D eigenvalue weighted by molar-refractivity contribution is 7.90. The average Bonchev–Trinajstić information content (AvgIpc) is 2.85. The highest BCUT2D eigenvalue weighted by atomic mass is 32.2. The van der Waals surface area contributed by atoms with E-state index in [1.807, 2.05) is 26.0 Å². The summed E-state index contributed by atoms with van der Waals surface area (Å²) in [6.07, 6.45) is 0. The zero-order chi connectivity index (χ0) is 16.6. The lowest BCUT2D eigenvalue weighted by Crippen LogP contribution is -2.15. The molecule has 0 unspecified atom stereocenters. The number of nitrogens with zero attached hydrogens (tertiary/aromatic N) is 3. The lowest BCUT2D eigenvalue weighted by atomic mass is 10.2. The molecule has 0 amide bonds. The van der Waals surface area contributed by atoms with E-state index in [9.17, 15) is 8.42 Å². The van der Waals surface area contributed by atoms with Crippen LogP contribution < -0.4 is 0 Å². The molecule has 0 radical (unpaired) electrons. The number of aromatic nitrogens is 2. The summed E-state index contributed by atoms with van der Waals surface area (Å²) in [6, 6.07) is 12.1. The summed E-state index contributed by atoms with van der Waals surface area (Å²) in [6.45, 7) is 10.8. The molecule has 0 aliphatic heterocycles. The zero-order valence-electron chi connectivity index (χ0n) is 12.8. The number of hydrogen-bond donors (Lipinski definition) is 0. The van der Waals surface area contributed by atoms with E-state index in [4.69, 9.17) is 6.57 Å². The molecule has 116 valence electrons. The Morgan fingerprint density at radius 1 is 1.09 bits per heavy atom. The van der Waals surface area contributed by atoms with Crippen molar-refractivity contribution in [1.29, 1.82) is 0 Å². The molecule has 0 N–H and O–H groups in total. The normalized spacial score (nSPS) is 11.5. The molecule has 0 bridgehead atoms. The second-order valence-electron chi connectivity index (χ2n) is 5.42. The minimum Gasteiger partial charge on any atom is -0.308 e. The molecular formula is C17H15N3O2S. The van der Waals surface area contributed by atoms with E-state index in [-0.39, 0.29) is 17.3 Å². The number of hydrogen-bond acceptors (Lipinski definition) is 3. The maximum Gasteiger partial charge on any atom is 0.272 e. The van der Waals surface area contributed by atoms with Crippen molar-refractivity contribution in [2.24, 2.45) is 0 Å². The van der Waals surface area contributed by atoms with Crippen LogP contribution >= 0.6 is 0 Å². The Hall–Kier alpha value is -2.65. The lowest BCUT2D eigenvalue weighted by molar-refractivity contribution is 0.586. The van der Waals surface area contributed by atoms with Crippen LogP contribution in [0.15, 0.2) is 47.4 Å². The molecule has 0 saturated carbocycles. The molecule has 0 aliphatic carbocycles. The molecular weight excluding hydrogens is 310 g/mol. The summed E-state index contributed by atoms with van der Waals surface area (Å²) in [4.78, 5) is 7.84. The third-order valence-electron chi connectivity index (χ3n) is 3.61. The van der Waals surface area contributed by atoms with Gasteiger partial charge in [0.15, 0.2) is 0 Å². The molecule has 2 aromatic carbocycles. The first-order chi connectivity index (χ1) is 10.9.